The molecular weight excluding hydrogens is 262 g/mol. The van der Waals surface area contributed by atoms with Crippen LogP contribution in [0.5, 0.6) is 0 Å². The first-order chi connectivity index (χ1) is 8.24. The Morgan fingerprint density at radius 3 is 2.22 bits per heavy atom. The summed E-state index contributed by atoms with van der Waals surface area (Å²) in [5.74, 6) is -1.15. The van der Waals surface area contributed by atoms with Crippen molar-refractivity contribution in [1.82, 2.24) is 5.32 Å². The van der Waals surface area contributed by atoms with Gasteiger partial charge in [-0.2, -0.15) is 8.42 Å². The number of nitrogens with two attached hydrogens (primary N) is 2. The molecule has 0 amide bonds. The maximum Gasteiger partial charge on any atom is 0.320 e. The minimum atomic E-state index is -3.75. The van der Waals surface area contributed by atoms with Crippen LogP contribution in [0.4, 0.5) is 0 Å². The Balaban J connectivity index is 0. The lowest BCUT2D eigenvalue weighted by Crippen LogP contribution is -2.29. The van der Waals surface area contributed by atoms with Crippen molar-refractivity contribution in [1.29, 1.82) is 0 Å². The van der Waals surface area contributed by atoms with E-state index in [4.69, 9.17) is 21.1 Å². The quantitative estimate of drug-likeness (QED) is 0.270. The lowest BCUT2D eigenvalue weighted by atomic mass is 10.1. The van der Waals surface area contributed by atoms with Gasteiger partial charge in [-0.25, -0.2) is 0 Å². The molecule has 0 saturated heterocycles. The number of hydrogen-bond donors (Lipinski definition) is 5. The van der Waals surface area contributed by atoms with Crippen LogP contribution in [-0.4, -0.2) is 56.0 Å². The average molecular weight is 285 g/mol. The summed E-state index contributed by atoms with van der Waals surface area (Å²) in [5.41, 5.74) is 10.4. The van der Waals surface area contributed by atoms with Crippen LogP contribution in [0.3, 0.4) is 0 Å². The van der Waals surface area contributed by atoms with Gasteiger partial charge in [0, 0.05) is 6.54 Å². The van der Waals surface area contributed by atoms with Gasteiger partial charge in [0.15, 0.2) is 0 Å². The smallest absolute Gasteiger partial charge is 0.320 e. The zero-order valence-electron chi connectivity index (χ0n) is 10.5. The van der Waals surface area contributed by atoms with Crippen LogP contribution in [-0.2, 0) is 14.9 Å². The summed E-state index contributed by atoms with van der Waals surface area (Å²) in [7, 11) is -2.13. The van der Waals surface area contributed by atoms with Crippen LogP contribution in [0.25, 0.3) is 0 Å². The fourth-order valence-electron chi connectivity index (χ4n) is 0.863. The zero-order chi connectivity index (χ0) is 14.6. The molecule has 1 atom stereocenters. The van der Waals surface area contributed by atoms with Gasteiger partial charge in [0.05, 0.1) is 5.75 Å². The first-order valence-electron chi connectivity index (χ1n) is 5.52. The molecule has 0 rings (SSSR count). The van der Waals surface area contributed by atoms with Crippen LogP contribution >= 0.6 is 0 Å². The van der Waals surface area contributed by atoms with E-state index in [0.717, 1.165) is 12.8 Å². The molecule has 0 radical (unpaired) electrons. The first kappa shape index (κ1) is 19.6. The zero-order valence-corrected chi connectivity index (χ0v) is 11.3. The molecule has 0 unspecified atom stereocenters. The van der Waals surface area contributed by atoms with Gasteiger partial charge in [-0.15, -0.1) is 0 Å². The minimum Gasteiger partial charge on any atom is -0.480 e. The van der Waals surface area contributed by atoms with Crippen LogP contribution in [0.15, 0.2) is 0 Å². The summed E-state index contributed by atoms with van der Waals surface area (Å²) in [6.07, 6.45) is 2.16. The van der Waals surface area contributed by atoms with Crippen molar-refractivity contribution in [2.45, 2.75) is 25.3 Å². The van der Waals surface area contributed by atoms with Crippen molar-refractivity contribution < 1.29 is 22.9 Å². The third-order valence-electron chi connectivity index (χ3n) is 1.90. The molecule has 0 aromatic rings. The number of nitrogens with one attached hydrogen (secondary N) is 1. The van der Waals surface area contributed by atoms with Gasteiger partial charge >= 0.3 is 5.97 Å². The van der Waals surface area contributed by atoms with Crippen molar-refractivity contribution in [3.8, 4) is 0 Å². The molecule has 7 N–H and O–H groups in total. The van der Waals surface area contributed by atoms with Crippen molar-refractivity contribution in [3.05, 3.63) is 0 Å². The van der Waals surface area contributed by atoms with Gasteiger partial charge in [-0.1, -0.05) is 6.42 Å². The molecule has 9 heteroatoms. The Hall–Kier alpha value is -0.740. The molecule has 18 heavy (non-hydrogen) atoms. The number of unbranched alkanes of at least 4 members (excludes halogenated alkanes) is 1. The predicted octanol–water partition coefficient (Wildman–Crippen LogP) is -1.38. The Morgan fingerprint density at radius 2 is 1.94 bits per heavy atom. The van der Waals surface area contributed by atoms with Crippen LogP contribution in [0.1, 0.15) is 19.3 Å². The van der Waals surface area contributed by atoms with Gasteiger partial charge < -0.3 is 21.9 Å². The Kier molecular flexibility index (Phi) is 12.4. The predicted molar refractivity (Wildman–Crippen MR) is 68.9 cm³/mol. The maximum absolute atomic E-state index is 10.1. The normalized spacial score (nSPS) is 12.4. The lowest BCUT2D eigenvalue weighted by molar-refractivity contribution is -0.138. The molecule has 0 aliphatic heterocycles. The number of rotatable bonds is 8. The third-order valence-corrected chi connectivity index (χ3v) is 2.62. The van der Waals surface area contributed by atoms with E-state index in [-0.39, 0.29) is 5.75 Å². The van der Waals surface area contributed by atoms with E-state index in [1.165, 1.54) is 0 Å². The SMILES string of the molecule is CNCCS(=O)(=O)O.NCCCC[C@H](N)C(=O)O. The fraction of sp³-hybridized carbons (Fsp3) is 0.889. The number of carbonyl (C=O) groups is 1. The van der Waals surface area contributed by atoms with Gasteiger partial charge in [-0.3, -0.25) is 9.35 Å². The Labute approximate surface area is 107 Å². The van der Waals surface area contributed by atoms with E-state index < -0.39 is 22.1 Å². The number of carboxylic acids is 1. The number of aliphatic carboxylic acids is 1. The highest BCUT2D eigenvalue weighted by atomic mass is 32.2. The molecule has 0 aromatic carbocycles. The molecule has 0 aliphatic carbocycles. The van der Waals surface area contributed by atoms with Crippen molar-refractivity contribution >= 4 is 16.1 Å². The first-order valence-corrected chi connectivity index (χ1v) is 7.13. The number of carboxylic acid groups (broad SMARTS) is 1. The van der Waals surface area contributed by atoms with Gasteiger partial charge in [0.1, 0.15) is 6.04 Å². The Morgan fingerprint density at radius 1 is 1.39 bits per heavy atom. The van der Waals surface area contributed by atoms with E-state index in [0.29, 0.717) is 19.5 Å². The molecule has 8 nitrogen and oxygen atoms in total. The van der Waals surface area contributed by atoms with Crippen LogP contribution < -0.4 is 16.8 Å². The van der Waals surface area contributed by atoms with Gasteiger partial charge in [0.25, 0.3) is 10.1 Å². The molecule has 0 bridgehead atoms. The summed E-state index contributed by atoms with van der Waals surface area (Å²) in [6, 6.07) is -0.716. The summed E-state index contributed by atoms with van der Waals surface area (Å²) in [5, 5.41) is 10.9. The average Bonchev–Trinajstić information content (AvgIpc) is 2.26. The van der Waals surface area contributed by atoms with Crippen LogP contribution in [0.2, 0.25) is 0 Å². The largest absolute Gasteiger partial charge is 0.480 e. The molecule has 0 spiro atoms. The summed E-state index contributed by atoms with van der Waals surface area (Å²) < 4.78 is 27.9. The molecule has 0 fully saturated rings. The van der Waals surface area contributed by atoms with Gasteiger partial charge in [-0.05, 0) is 26.4 Å². The summed E-state index contributed by atoms with van der Waals surface area (Å²) in [4.78, 5) is 10.1. The second-order valence-electron chi connectivity index (χ2n) is 3.62. The standard InChI is InChI=1S/C6H14N2O2.C3H9NO3S/c7-4-2-1-3-5(8)6(9)10;1-4-2-3-8(5,6)7/h5H,1-4,7-8H2,(H,9,10);4H,2-3H2,1H3,(H,5,6,7)/t5-;/m0./s1. The molecule has 0 aliphatic rings. The van der Waals surface area contributed by atoms with E-state index in [2.05, 4.69) is 5.32 Å². The van der Waals surface area contributed by atoms with E-state index in [9.17, 15) is 13.2 Å². The Bertz CT molecular complexity index is 307. The topological polar surface area (TPSA) is 156 Å². The van der Waals surface area contributed by atoms with Crippen LogP contribution in [0, 0.1) is 0 Å². The minimum absolute atomic E-state index is 0.219. The monoisotopic (exact) mass is 285 g/mol. The van der Waals surface area contributed by atoms with Crippen molar-refractivity contribution in [2.24, 2.45) is 11.5 Å². The maximum atomic E-state index is 10.1. The van der Waals surface area contributed by atoms with Gasteiger partial charge in [0.2, 0.25) is 0 Å². The van der Waals surface area contributed by atoms with Crippen molar-refractivity contribution in [3.63, 3.8) is 0 Å². The summed E-state index contributed by atoms with van der Waals surface area (Å²) in [6.45, 7) is 0.894. The highest BCUT2D eigenvalue weighted by Gasteiger charge is 2.09. The second kappa shape index (κ2) is 11.4. The van der Waals surface area contributed by atoms with E-state index in [1.807, 2.05) is 0 Å². The molecule has 0 saturated carbocycles. The second-order valence-corrected chi connectivity index (χ2v) is 5.19. The fourth-order valence-corrected chi connectivity index (χ4v) is 1.33. The lowest BCUT2D eigenvalue weighted by Gasteiger charge is -2.03. The van der Waals surface area contributed by atoms with E-state index >= 15 is 0 Å². The van der Waals surface area contributed by atoms with Crippen molar-refractivity contribution in [2.75, 3.05) is 25.9 Å². The third kappa shape index (κ3) is 17.6. The highest BCUT2D eigenvalue weighted by Crippen LogP contribution is 1.96. The van der Waals surface area contributed by atoms with E-state index in [1.54, 1.807) is 7.05 Å². The molecule has 110 valence electrons. The number of hydrogen-bond acceptors (Lipinski definition) is 6. The molecule has 0 heterocycles. The molecular formula is C9H23N3O5S. The highest BCUT2D eigenvalue weighted by molar-refractivity contribution is 7.85. The molecule has 0 aromatic heterocycles. The summed E-state index contributed by atoms with van der Waals surface area (Å²) >= 11 is 0.